The molecule has 0 radical (unpaired) electrons. The van der Waals surface area contributed by atoms with Crippen LogP contribution in [-0.2, 0) is 21.5 Å². The number of likely N-dealkylation sites (tertiary alicyclic amines) is 1. The fourth-order valence-corrected chi connectivity index (χ4v) is 4.81. The van der Waals surface area contributed by atoms with Crippen LogP contribution in [0.15, 0.2) is 72.3 Å². The van der Waals surface area contributed by atoms with Gasteiger partial charge in [0.05, 0.1) is 24.8 Å². The molecule has 3 aromatic carbocycles. The number of carbonyl (C=O) groups excluding carboxylic acids is 2. The predicted molar refractivity (Wildman–Crippen MR) is 153 cm³/mol. The van der Waals surface area contributed by atoms with Crippen LogP contribution in [0, 0.1) is 6.92 Å². The molecule has 0 saturated carbocycles. The van der Waals surface area contributed by atoms with Crippen LogP contribution in [0.3, 0.4) is 0 Å². The van der Waals surface area contributed by atoms with Crippen LogP contribution in [0.25, 0.3) is 5.76 Å². The zero-order chi connectivity index (χ0) is 28.5. The molecule has 39 heavy (non-hydrogen) atoms. The van der Waals surface area contributed by atoms with Crippen molar-refractivity contribution >= 4 is 17.4 Å². The molecule has 1 unspecified atom stereocenters. The average Bonchev–Trinajstić information content (AvgIpc) is 3.13. The Bertz CT molecular complexity index is 1400. The molecule has 4 rings (SSSR count). The number of Topliss-reactive ketones (excluding diaryl/α,β-unsaturated/α-hetero) is 1. The van der Waals surface area contributed by atoms with E-state index in [0.29, 0.717) is 22.6 Å². The average molecular weight is 528 g/mol. The summed E-state index contributed by atoms with van der Waals surface area (Å²) in [5, 5.41) is 11.7. The SMILES string of the molecule is COc1ccc(CN2C(=O)C(=O)/C(=C(/O)c3cc(C(C)(C)C)ccc3C)C2c2ccc(OC(C)C)cc2)cc1. The monoisotopic (exact) mass is 527 g/mol. The summed E-state index contributed by atoms with van der Waals surface area (Å²) in [7, 11) is 1.59. The van der Waals surface area contributed by atoms with Gasteiger partial charge in [-0.25, -0.2) is 0 Å². The minimum Gasteiger partial charge on any atom is -0.507 e. The molecule has 1 aliphatic rings. The van der Waals surface area contributed by atoms with Crippen molar-refractivity contribution in [3.05, 3.63) is 100 Å². The number of rotatable bonds is 7. The van der Waals surface area contributed by atoms with Crippen molar-refractivity contribution < 1.29 is 24.2 Å². The Kier molecular flexibility index (Phi) is 7.86. The molecular formula is C33H37NO5. The third-order valence-electron chi connectivity index (χ3n) is 6.98. The third kappa shape index (κ3) is 5.85. The highest BCUT2D eigenvalue weighted by atomic mass is 16.5. The van der Waals surface area contributed by atoms with Gasteiger partial charge >= 0.3 is 0 Å². The minimum atomic E-state index is -0.766. The number of hydrogen-bond acceptors (Lipinski definition) is 5. The van der Waals surface area contributed by atoms with E-state index in [1.165, 1.54) is 4.90 Å². The number of amides is 1. The maximum Gasteiger partial charge on any atom is 0.295 e. The molecule has 1 saturated heterocycles. The van der Waals surface area contributed by atoms with Gasteiger partial charge in [-0.05, 0) is 78.8 Å². The van der Waals surface area contributed by atoms with Gasteiger partial charge in [-0.1, -0.05) is 57.2 Å². The number of carbonyl (C=O) groups is 2. The molecule has 0 aliphatic carbocycles. The quantitative estimate of drug-likeness (QED) is 0.210. The summed E-state index contributed by atoms with van der Waals surface area (Å²) in [5.41, 5.74) is 3.87. The van der Waals surface area contributed by atoms with E-state index in [4.69, 9.17) is 9.47 Å². The second-order valence-electron chi connectivity index (χ2n) is 11.3. The molecule has 0 spiro atoms. The highest BCUT2D eigenvalue weighted by Gasteiger charge is 2.46. The second-order valence-corrected chi connectivity index (χ2v) is 11.3. The number of aliphatic hydroxyl groups is 1. The molecule has 1 N–H and O–H groups in total. The molecule has 6 heteroatoms. The fourth-order valence-electron chi connectivity index (χ4n) is 4.81. The highest BCUT2D eigenvalue weighted by molar-refractivity contribution is 6.46. The van der Waals surface area contributed by atoms with Crippen LogP contribution in [0.4, 0.5) is 0 Å². The lowest BCUT2D eigenvalue weighted by Crippen LogP contribution is -2.29. The molecule has 3 aromatic rings. The van der Waals surface area contributed by atoms with Crippen molar-refractivity contribution in [2.45, 2.75) is 65.6 Å². The van der Waals surface area contributed by atoms with Gasteiger partial charge in [0.15, 0.2) is 0 Å². The van der Waals surface area contributed by atoms with Crippen LogP contribution >= 0.6 is 0 Å². The van der Waals surface area contributed by atoms with Gasteiger partial charge in [0.25, 0.3) is 11.7 Å². The van der Waals surface area contributed by atoms with Crippen molar-refractivity contribution in [3.63, 3.8) is 0 Å². The van der Waals surface area contributed by atoms with E-state index >= 15 is 0 Å². The second kappa shape index (κ2) is 11.0. The van der Waals surface area contributed by atoms with E-state index in [9.17, 15) is 14.7 Å². The number of aliphatic hydroxyl groups excluding tert-OH is 1. The summed E-state index contributed by atoms with van der Waals surface area (Å²) in [5.74, 6) is -0.123. The van der Waals surface area contributed by atoms with E-state index in [2.05, 4.69) is 20.8 Å². The maximum atomic E-state index is 13.6. The largest absolute Gasteiger partial charge is 0.507 e. The summed E-state index contributed by atoms with van der Waals surface area (Å²) in [4.78, 5) is 28.5. The molecule has 1 heterocycles. The molecule has 0 aromatic heterocycles. The first kappa shape index (κ1) is 28.0. The number of ketones is 1. The number of hydrogen-bond donors (Lipinski definition) is 1. The molecule has 1 aliphatic heterocycles. The van der Waals surface area contributed by atoms with Crippen LogP contribution in [0.1, 0.15) is 68.5 Å². The van der Waals surface area contributed by atoms with Gasteiger partial charge in [0.2, 0.25) is 0 Å². The van der Waals surface area contributed by atoms with Crippen LogP contribution in [-0.4, -0.2) is 34.9 Å². The van der Waals surface area contributed by atoms with Gasteiger partial charge in [0, 0.05) is 12.1 Å². The van der Waals surface area contributed by atoms with Crippen molar-refractivity contribution in [2.24, 2.45) is 0 Å². The molecule has 1 atom stereocenters. The summed E-state index contributed by atoms with van der Waals surface area (Å²) < 4.78 is 11.1. The molecule has 6 nitrogen and oxygen atoms in total. The Balaban J connectivity index is 1.86. The zero-order valence-corrected chi connectivity index (χ0v) is 23.7. The van der Waals surface area contributed by atoms with E-state index < -0.39 is 17.7 Å². The number of methoxy groups -OCH3 is 1. The van der Waals surface area contributed by atoms with Crippen LogP contribution < -0.4 is 9.47 Å². The number of benzene rings is 3. The summed E-state index contributed by atoms with van der Waals surface area (Å²) in [6.07, 6.45) is 0.00891. The van der Waals surface area contributed by atoms with Crippen LogP contribution in [0.2, 0.25) is 0 Å². The number of nitrogens with zero attached hydrogens (tertiary/aromatic N) is 1. The van der Waals surface area contributed by atoms with Gasteiger partial charge in [-0.15, -0.1) is 0 Å². The lowest BCUT2D eigenvalue weighted by molar-refractivity contribution is -0.140. The van der Waals surface area contributed by atoms with E-state index in [1.807, 2.05) is 87.5 Å². The van der Waals surface area contributed by atoms with Crippen molar-refractivity contribution in [3.8, 4) is 11.5 Å². The maximum absolute atomic E-state index is 13.6. The number of aryl methyl sites for hydroxylation is 1. The summed E-state index contributed by atoms with van der Waals surface area (Å²) in [6.45, 7) is 12.3. The zero-order valence-electron chi connectivity index (χ0n) is 23.7. The van der Waals surface area contributed by atoms with Crippen molar-refractivity contribution in [1.82, 2.24) is 4.90 Å². The Morgan fingerprint density at radius 3 is 2.13 bits per heavy atom. The highest BCUT2D eigenvalue weighted by Crippen LogP contribution is 2.41. The molecule has 1 amide bonds. The minimum absolute atomic E-state index is 0.00891. The summed E-state index contributed by atoms with van der Waals surface area (Å²) in [6, 6.07) is 19.8. The smallest absolute Gasteiger partial charge is 0.295 e. The van der Waals surface area contributed by atoms with Gasteiger partial charge in [0.1, 0.15) is 17.3 Å². The van der Waals surface area contributed by atoms with Crippen LogP contribution in [0.5, 0.6) is 11.5 Å². The third-order valence-corrected chi connectivity index (χ3v) is 6.98. The lowest BCUT2D eigenvalue weighted by atomic mass is 9.84. The van der Waals surface area contributed by atoms with Crippen molar-refractivity contribution in [2.75, 3.05) is 7.11 Å². The fraction of sp³-hybridized carbons (Fsp3) is 0.333. The lowest BCUT2D eigenvalue weighted by Gasteiger charge is -2.26. The van der Waals surface area contributed by atoms with Crippen molar-refractivity contribution in [1.29, 1.82) is 0 Å². The summed E-state index contributed by atoms with van der Waals surface area (Å²) >= 11 is 0. The Labute approximate surface area is 230 Å². The topological polar surface area (TPSA) is 76.1 Å². The van der Waals surface area contributed by atoms with Gasteiger partial charge < -0.3 is 19.5 Å². The predicted octanol–water partition coefficient (Wildman–Crippen LogP) is 6.71. The standard InChI is InChI=1S/C33H37NO5/c1-20(2)39-26-16-11-23(12-17-26)29-28(30(35)27-18-24(33(4,5)6)13-8-21(27)3)31(36)32(37)34(29)19-22-9-14-25(38-7)15-10-22/h8-18,20,29,35H,19H2,1-7H3/b30-28+. The number of ether oxygens (including phenoxy) is 2. The van der Waals surface area contributed by atoms with E-state index in [-0.39, 0.29) is 29.4 Å². The molecular weight excluding hydrogens is 490 g/mol. The normalized spacial score (nSPS) is 17.1. The Morgan fingerprint density at radius 2 is 1.56 bits per heavy atom. The molecule has 0 bridgehead atoms. The first-order valence-electron chi connectivity index (χ1n) is 13.2. The molecule has 204 valence electrons. The van der Waals surface area contributed by atoms with E-state index in [0.717, 1.165) is 16.7 Å². The first-order chi connectivity index (χ1) is 18.4. The first-order valence-corrected chi connectivity index (χ1v) is 13.2. The Hall–Kier alpha value is -4.06. The van der Waals surface area contributed by atoms with Gasteiger partial charge in [-0.2, -0.15) is 0 Å². The van der Waals surface area contributed by atoms with E-state index in [1.54, 1.807) is 7.11 Å². The molecule has 1 fully saturated rings. The Morgan fingerprint density at radius 1 is 0.949 bits per heavy atom. The van der Waals surface area contributed by atoms with Gasteiger partial charge in [-0.3, -0.25) is 9.59 Å².